The predicted octanol–water partition coefficient (Wildman–Crippen LogP) is 2.49. The van der Waals surface area contributed by atoms with Crippen LogP contribution in [0.4, 0.5) is 0 Å². The molecule has 1 aliphatic heterocycles. The molecule has 2 heteroatoms. The standard InChI is InChI=1S/C14H19NO/c1-10-3-4-13(11(2)9-10)14(16)12-5-7-15-8-6-12/h3-4,9,12,15H,5-8H2,1-2H3. The van der Waals surface area contributed by atoms with Gasteiger partial charge in [-0.1, -0.05) is 23.8 Å². The Bertz CT molecular complexity index is 392. The number of ketones is 1. The first-order valence-electron chi connectivity index (χ1n) is 6.00. The minimum atomic E-state index is 0.225. The van der Waals surface area contributed by atoms with E-state index in [-0.39, 0.29) is 5.92 Å². The highest BCUT2D eigenvalue weighted by molar-refractivity contribution is 5.99. The predicted molar refractivity (Wildman–Crippen MR) is 65.8 cm³/mol. The van der Waals surface area contributed by atoms with Crippen molar-refractivity contribution in [2.24, 2.45) is 5.92 Å². The molecule has 1 N–H and O–H groups in total. The molecular weight excluding hydrogens is 198 g/mol. The van der Waals surface area contributed by atoms with Crippen LogP contribution in [0.3, 0.4) is 0 Å². The molecule has 2 nitrogen and oxygen atoms in total. The van der Waals surface area contributed by atoms with E-state index in [0.29, 0.717) is 5.78 Å². The molecule has 16 heavy (non-hydrogen) atoms. The Kier molecular flexibility index (Phi) is 3.39. The summed E-state index contributed by atoms with van der Waals surface area (Å²) >= 11 is 0. The van der Waals surface area contributed by atoms with Gasteiger partial charge in [-0.05, 0) is 45.3 Å². The number of hydrogen-bond donors (Lipinski definition) is 1. The van der Waals surface area contributed by atoms with Crippen LogP contribution in [0.5, 0.6) is 0 Å². The van der Waals surface area contributed by atoms with Crippen LogP contribution in [0.2, 0.25) is 0 Å². The first-order valence-corrected chi connectivity index (χ1v) is 6.00. The van der Waals surface area contributed by atoms with Crippen molar-refractivity contribution in [3.63, 3.8) is 0 Å². The van der Waals surface area contributed by atoms with Crippen molar-refractivity contribution in [3.05, 3.63) is 34.9 Å². The molecular formula is C14H19NO. The van der Waals surface area contributed by atoms with Gasteiger partial charge in [-0.25, -0.2) is 0 Å². The summed E-state index contributed by atoms with van der Waals surface area (Å²) in [7, 11) is 0. The van der Waals surface area contributed by atoms with E-state index < -0.39 is 0 Å². The minimum Gasteiger partial charge on any atom is -0.317 e. The normalized spacial score (nSPS) is 17.4. The molecule has 2 rings (SSSR count). The lowest BCUT2D eigenvalue weighted by Gasteiger charge is -2.22. The first kappa shape index (κ1) is 11.3. The average molecular weight is 217 g/mol. The summed E-state index contributed by atoms with van der Waals surface area (Å²) in [6.45, 7) is 6.04. The number of carbonyl (C=O) groups is 1. The van der Waals surface area contributed by atoms with E-state index >= 15 is 0 Å². The van der Waals surface area contributed by atoms with E-state index in [1.54, 1.807) is 0 Å². The van der Waals surface area contributed by atoms with Crippen molar-refractivity contribution in [2.45, 2.75) is 26.7 Å². The summed E-state index contributed by atoms with van der Waals surface area (Å²) < 4.78 is 0. The van der Waals surface area contributed by atoms with Crippen LogP contribution in [0.25, 0.3) is 0 Å². The van der Waals surface area contributed by atoms with Gasteiger partial charge >= 0.3 is 0 Å². The summed E-state index contributed by atoms with van der Waals surface area (Å²) in [6.07, 6.45) is 1.96. The Hall–Kier alpha value is -1.15. The van der Waals surface area contributed by atoms with E-state index in [0.717, 1.165) is 37.1 Å². The lowest BCUT2D eigenvalue weighted by Crippen LogP contribution is -2.32. The van der Waals surface area contributed by atoms with Gasteiger partial charge in [0.05, 0.1) is 0 Å². The number of hydrogen-bond acceptors (Lipinski definition) is 2. The molecule has 0 unspecified atom stereocenters. The molecule has 0 aliphatic carbocycles. The number of aryl methyl sites for hydroxylation is 2. The van der Waals surface area contributed by atoms with Crippen molar-refractivity contribution in [3.8, 4) is 0 Å². The molecule has 0 aromatic heterocycles. The fourth-order valence-electron chi connectivity index (χ4n) is 2.39. The molecule has 1 heterocycles. The molecule has 1 fully saturated rings. The molecule has 0 amide bonds. The lowest BCUT2D eigenvalue weighted by molar-refractivity contribution is 0.0894. The van der Waals surface area contributed by atoms with Crippen molar-refractivity contribution in [2.75, 3.05) is 13.1 Å². The van der Waals surface area contributed by atoms with E-state index in [1.165, 1.54) is 5.56 Å². The van der Waals surface area contributed by atoms with E-state index in [1.807, 2.05) is 19.1 Å². The second kappa shape index (κ2) is 4.79. The molecule has 0 saturated carbocycles. The molecule has 0 spiro atoms. The fourth-order valence-corrected chi connectivity index (χ4v) is 2.39. The zero-order chi connectivity index (χ0) is 11.5. The third-order valence-electron chi connectivity index (χ3n) is 3.36. The maximum Gasteiger partial charge on any atom is 0.166 e. The van der Waals surface area contributed by atoms with Crippen LogP contribution in [0.15, 0.2) is 18.2 Å². The molecule has 1 aromatic rings. The highest BCUT2D eigenvalue weighted by Crippen LogP contribution is 2.21. The highest BCUT2D eigenvalue weighted by Gasteiger charge is 2.22. The third-order valence-corrected chi connectivity index (χ3v) is 3.36. The zero-order valence-corrected chi connectivity index (χ0v) is 10.0. The van der Waals surface area contributed by atoms with Crippen LogP contribution in [0.1, 0.15) is 34.3 Å². The number of rotatable bonds is 2. The van der Waals surface area contributed by atoms with Crippen LogP contribution in [0, 0.1) is 19.8 Å². The molecule has 1 aromatic carbocycles. The molecule has 1 aliphatic rings. The van der Waals surface area contributed by atoms with Crippen LogP contribution in [-0.2, 0) is 0 Å². The van der Waals surface area contributed by atoms with Gasteiger partial charge in [0, 0.05) is 11.5 Å². The van der Waals surface area contributed by atoms with Gasteiger partial charge in [0.1, 0.15) is 0 Å². The SMILES string of the molecule is Cc1ccc(C(=O)C2CCNCC2)c(C)c1. The van der Waals surface area contributed by atoms with E-state index in [2.05, 4.69) is 18.3 Å². The Morgan fingerprint density at radius 2 is 1.94 bits per heavy atom. The Balaban J connectivity index is 2.19. The maximum atomic E-state index is 12.3. The number of carbonyl (C=O) groups excluding carboxylic acids is 1. The van der Waals surface area contributed by atoms with Gasteiger partial charge < -0.3 is 5.32 Å². The van der Waals surface area contributed by atoms with Crippen molar-refractivity contribution in [1.82, 2.24) is 5.32 Å². The topological polar surface area (TPSA) is 29.1 Å². The Labute approximate surface area is 97.1 Å². The smallest absolute Gasteiger partial charge is 0.166 e. The first-order chi connectivity index (χ1) is 7.68. The van der Waals surface area contributed by atoms with E-state index in [4.69, 9.17) is 0 Å². The van der Waals surface area contributed by atoms with Crippen molar-refractivity contribution in [1.29, 1.82) is 0 Å². The second-order valence-corrected chi connectivity index (χ2v) is 4.71. The average Bonchev–Trinajstić information content (AvgIpc) is 2.29. The van der Waals surface area contributed by atoms with Crippen molar-refractivity contribution < 1.29 is 4.79 Å². The maximum absolute atomic E-state index is 12.3. The summed E-state index contributed by atoms with van der Waals surface area (Å²) in [5.74, 6) is 0.557. The summed E-state index contributed by atoms with van der Waals surface area (Å²) in [4.78, 5) is 12.3. The van der Waals surface area contributed by atoms with Crippen LogP contribution < -0.4 is 5.32 Å². The van der Waals surface area contributed by atoms with Crippen LogP contribution in [-0.4, -0.2) is 18.9 Å². The zero-order valence-electron chi connectivity index (χ0n) is 10.0. The number of Topliss-reactive ketones (excluding diaryl/α,β-unsaturated/α-hetero) is 1. The fraction of sp³-hybridized carbons (Fsp3) is 0.500. The Morgan fingerprint density at radius 1 is 1.25 bits per heavy atom. The lowest BCUT2D eigenvalue weighted by atomic mass is 9.87. The van der Waals surface area contributed by atoms with Crippen LogP contribution >= 0.6 is 0 Å². The quantitative estimate of drug-likeness (QED) is 0.771. The van der Waals surface area contributed by atoms with Gasteiger partial charge in [0.2, 0.25) is 0 Å². The molecule has 0 radical (unpaired) electrons. The molecule has 0 bridgehead atoms. The van der Waals surface area contributed by atoms with Gasteiger partial charge in [0.25, 0.3) is 0 Å². The molecule has 0 atom stereocenters. The number of nitrogens with one attached hydrogen (secondary N) is 1. The second-order valence-electron chi connectivity index (χ2n) is 4.71. The summed E-state index contributed by atoms with van der Waals surface area (Å²) in [5, 5.41) is 3.29. The molecule has 1 saturated heterocycles. The number of piperidine rings is 1. The van der Waals surface area contributed by atoms with Crippen molar-refractivity contribution >= 4 is 5.78 Å². The minimum absolute atomic E-state index is 0.225. The number of benzene rings is 1. The largest absolute Gasteiger partial charge is 0.317 e. The van der Waals surface area contributed by atoms with E-state index in [9.17, 15) is 4.79 Å². The van der Waals surface area contributed by atoms with Gasteiger partial charge in [-0.2, -0.15) is 0 Å². The van der Waals surface area contributed by atoms with Gasteiger partial charge in [-0.3, -0.25) is 4.79 Å². The van der Waals surface area contributed by atoms with Gasteiger partial charge in [-0.15, -0.1) is 0 Å². The highest BCUT2D eigenvalue weighted by atomic mass is 16.1. The van der Waals surface area contributed by atoms with Gasteiger partial charge in [0.15, 0.2) is 5.78 Å². The summed E-state index contributed by atoms with van der Waals surface area (Å²) in [6, 6.07) is 6.10. The summed E-state index contributed by atoms with van der Waals surface area (Å²) in [5.41, 5.74) is 3.25. The Morgan fingerprint density at radius 3 is 2.56 bits per heavy atom. The molecule has 86 valence electrons. The third kappa shape index (κ3) is 2.33. The monoisotopic (exact) mass is 217 g/mol.